The molecule has 14 heteroatoms. The molecule has 0 saturated carbocycles. The van der Waals surface area contributed by atoms with Crippen LogP contribution in [0.15, 0.2) is 56.7 Å². The average Bonchev–Trinajstić information content (AvgIpc) is 2.61. The van der Waals surface area contributed by atoms with Crippen molar-refractivity contribution in [1.82, 2.24) is 4.72 Å². The maximum atomic E-state index is 12.5. The summed E-state index contributed by atoms with van der Waals surface area (Å²) in [6.45, 7) is -0.715. The van der Waals surface area contributed by atoms with E-state index in [1.54, 1.807) is 4.72 Å². The molecule has 0 saturated heterocycles. The number of nitrogens with two attached hydrogens (primary N) is 1. The van der Waals surface area contributed by atoms with Crippen LogP contribution in [0.5, 0.6) is 5.75 Å². The first-order valence-corrected chi connectivity index (χ1v) is 11.7. The number of ether oxygens (including phenoxy) is 1. The molecule has 2 rings (SSSR count). The monoisotopic (exact) mass is 530 g/mol. The Labute approximate surface area is 178 Å². The maximum absolute atomic E-state index is 12.5. The molecule has 2 aromatic rings. The fourth-order valence-corrected chi connectivity index (χ4v) is 4.89. The van der Waals surface area contributed by atoms with Crippen molar-refractivity contribution in [3.8, 4) is 5.75 Å². The summed E-state index contributed by atoms with van der Waals surface area (Å²) in [6.07, 6.45) is -5.67. The largest absolute Gasteiger partial charge is 0.492 e. The molecule has 0 aliphatic heterocycles. The second-order valence-corrected chi connectivity index (χ2v) is 9.82. The van der Waals surface area contributed by atoms with Crippen molar-refractivity contribution < 1.29 is 39.5 Å². The summed E-state index contributed by atoms with van der Waals surface area (Å²) in [7, 11) is -9.04. The second kappa shape index (κ2) is 8.91. The van der Waals surface area contributed by atoms with Gasteiger partial charge in [0.15, 0.2) is 0 Å². The second-order valence-electron chi connectivity index (χ2n) is 5.79. The van der Waals surface area contributed by atoms with Gasteiger partial charge in [0.1, 0.15) is 15.5 Å². The van der Waals surface area contributed by atoms with Crippen molar-refractivity contribution in [1.29, 1.82) is 0 Å². The van der Waals surface area contributed by atoms with E-state index in [4.69, 9.17) is 9.88 Å². The standard InChI is InChI=1S/C16H14BrF3N2O6S2/c17-11-6-5-10(9-12(11)28-8-7-16(18,19)20)15(23)22-30(26,27)14-4-2-1-3-13(14)29(21,24)25/h1-6,9H,7-8H2,(H,22,23)(H2,21,24,25). The molecule has 164 valence electrons. The number of hydrogen-bond acceptors (Lipinski definition) is 6. The first-order chi connectivity index (χ1) is 13.7. The lowest BCUT2D eigenvalue weighted by atomic mass is 10.2. The smallest absolute Gasteiger partial charge is 0.392 e. The Kier molecular flexibility index (Phi) is 7.16. The van der Waals surface area contributed by atoms with Crippen molar-refractivity contribution in [3.63, 3.8) is 0 Å². The summed E-state index contributed by atoms with van der Waals surface area (Å²) >= 11 is 3.05. The molecular weight excluding hydrogens is 517 g/mol. The van der Waals surface area contributed by atoms with Gasteiger partial charge in [-0.1, -0.05) is 12.1 Å². The SMILES string of the molecule is NS(=O)(=O)c1ccccc1S(=O)(=O)NC(=O)c1ccc(Br)c(OCCC(F)(F)F)c1. The third kappa shape index (κ3) is 6.42. The highest BCUT2D eigenvalue weighted by Crippen LogP contribution is 2.28. The molecule has 1 amide bonds. The number of benzene rings is 2. The lowest BCUT2D eigenvalue weighted by Crippen LogP contribution is -2.32. The van der Waals surface area contributed by atoms with Gasteiger partial charge in [0.25, 0.3) is 15.9 Å². The van der Waals surface area contributed by atoms with E-state index in [1.165, 1.54) is 24.3 Å². The number of sulfonamides is 2. The molecule has 0 aliphatic carbocycles. The Bertz CT molecular complexity index is 1170. The van der Waals surface area contributed by atoms with Crippen LogP contribution in [0.25, 0.3) is 0 Å². The van der Waals surface area contributed by atoms with Gasteiger partial charge in [-0.05, 0) is 46.3 Å². The topological polar surface area (TPSA) is 133 Å². The van der Waals surface area contributed by atoms with Crippen molar-refractivity contribution in [2.24, 2.45) is 5.14 Å². The molecule has 0 aromatic heterocycles. The molecule has 0 spiro atoms. The number of halogens is 4. The van der Waals surface area contributed by atoms with Crippen molar-refractivity contribution in [3.05, 3.63) is 52.5 Å². The molecule has 0 aliphatic rings. The average molecular weight is 531 g/mol. The number of rotatable bonds is 7. The third-order valence-electron chi connectivity index (χ3n) is 3.51. The Hall–Kier alpha value is -2.16. The summed E-state index contributed by atoms with van der Waals surface area (Å²) in [5.74, 6) is -1.28. The molecular formula is C16H14BrF3N2O6S2. The van der Waals surface area contributed by atoms with Gasteiger partial charge in [-0.25, -0.2) is 26.7 Å². The van der Waals surface area contributed by atoms with Crippen LogP contribution in [0.2, 0.25) is 0 Å². The van der Waals surface area contributed by atoms with Gasteiger partial charge < -0.3 is 4.74 Å². The Morgan fingerprint density at radius 1 is 1.07 bits per heavy atom. The first-order valence-electron chi connectivity index (χ1n) is 7.89. The predicted octanol–water partition coefficient (Wildman–Crippen LogP) is 2.55. The van der Waals surface area contributed by atoms with Crippen LogP contribution < -0.4 is 14.6 Å². The van der Waals surface area contributed by atoms with Gasteiger partial charge >= 0.3 is 6.18 Å². The highest BCUT2D eigenvalue weighted by Gasteiger charge is 2.28. The number of alkyl halides is 3. The van der Waals surface area contributed by atoms with E-state index < -0.39 is 54.9 Å². The molecule has 0 bridgehead atoms. The van der Waals surface area contributed by atoms with Gasteiger partial charge in [-0.2, -0.15) is 13.2 Å². The first kappa shape index (κ1) is 24.1. The molecule has 0 fully saturated rings. The van der Waals surface area contributed by atoms with E-state index in [0.29, 0.717) is 0 Å². The Morgan fingerprint density at radius 2 is 1.67 bits per heavy atom. The Balaban J connectivity index is 2.27. The van der Waals surface area contributed by atoms with E-state index in [0.717, 1.165) is 18.2 Å². The van der Waals surface area contributed by atoms with Crippen molar-refractivity contribution in [2.75, 3.05) is 6.61 Å². The summed E-state index contributed by atoms with van der Waals surface area (Å²) in [5, 5.41) is 5.00. The van der Waals surface area contributed by atoms with Gasteiger partial charge in [0.05, 0.1) is 17.5 Å². The number of primary sulfonamides is 1. The minimum absolute atomic E-state index is 0.116. The fraction of sp³-hybridized carbons (Fsp3) is 0.188. The van der Waals surface area contributed by atoms with E-state index in [-0.39, 0.29) is 15.8 Å². The normalized spacial score (nSPS) is 12.4. The van der Waals surface area contributed by atoms with Crippen LogP contribution in [0.4, 0.5) is 13.2 Å². The number of carbonyl (C=O) groups excluding carboxylic acids is 1. The van der Waals surface area contributed by atoms with Crippen LogP contribution in [-0.2, 0) is 20.0 Å². The summed E-state index contributed by atoms with van der Waals surface area (Å²) in [5.41, 5.74) is -0.253. The molecule has 0 radical (unpaired) electrons. The molecule has 0 heterocycles. The van der Waals surface area contributed by atoms with Gasteiger partial charge in [-0.15, -0.1) is 0 Å². The molecule has 0 atom stereocenters. The maximum Gasteiger partial charge on any atom is 0.392 e. The van der Waals surface area contributed by atoms with Gasteiger partial charge in [0, 0.05) is 5.56 Å². The highest BCUT2D eigenvalue weighted by molar-refractivity contribution is 9.10. The summed E-state index contributed by atoms with van der Waals surface area (Å²) < 4.78 is 91.9. The Morgan fingerprint density at radius 3 is 2.23 bits per heavy atom. The zero-order chi connectivity index (χ0) is 22.7. The van der Waals surface area contributed by atoms with Crippen LogP contribution in [-0.4, -0.2) is 35.5 Å². The van der Waals surface area contributed by atoms with Crippen molar-refractivity contribution in [2.45, 2.75) is 22.4 Å². The van der Waals surface area contributed by atoms with Gasteiger partial charge in [0.2, 0.25) is 10.0 Å². The van der Waals surface area contributed by atoms with E-state index in [2.05, 4.69) is 15.9 Å². The number of hydrogen-bond donors (Lipinski definition) is 2. The van der Waals surface area contributed by atoms with E-state index in [1.807, 2.05) is 0 Å². The summed E-state index contributed by atoms with van der Waals surface area (Å²) in [6, 6.07) is 7.90. The van der Waals surface area contributed by atoms with Gasteiger partial charge in [-0.3, -0.25) is 4.79 Å². The molecule has 3 N–H and O–H groups in total. The molecule has 2 aromatic carbocycles. The molecule has 30 heavy (non-hydrogen) atoms. The zero-order valence-corrected chi connectivity index (χ0v) is 18.0. The lowest BCUT2D eigenvalue weighted by Gasteiger charge is -2.13. The van der Waals surface area contributed by atoms with E-state index >= 15 is 0 Å². The quantitative estimate of drug-likeness (QED) is 0.565. The number of amides is 1. The van der Waals surface area contributed by atoms with Crippen LogP contribution in [0.1, 0.15) is 16.8 Å². The molecule has 8 nitrogen and oxygen atoms in total. The lowest BCUT2D eigenvalue weighted by molar-refractivity contribution is -0.139. The minimum atomic E-state index is -4.64. The van der Waals surface area contributed by atoms with E-state index in [9.17, 15) is 34.8 Å². The van der Waals surface area contributed by atoms with Crippen LogP contribution in [0, 0.1) is 0 Å². The highest BCUT2D eigenvalue weighted by atomic mass is 79.9. The summed E-state index contributed by atoms with van der Waals surface area (Å²) in [4.78, 5) is 10.9. The zero-order valence-electron chi connectivity index (χ0n) is 14.8. The minimum Gasteiger partial charge on any atom is -0.492 e. The third-order valence-corrected chi connectivity index (χ3v) is 6.65. The number of carbonyl (C=O) groups is 1. The fourth-order valence-electron chi connectivity index (χ4n) is 2.18. The molecule has 0 unspecified atom stereocenters. The predicted molar refractivity (Wildman–Crippen MR) is 103 cm³/mol. The number of nitrogens with one attached hydrogen (secondary N) is 1. The van der Waals surface area contributed by atoms with Crippen LogP contribution >= 0.6 is 15.9 Å². The van der Waals surface area contributed by atoms with Crippen molar-refractivity contribution >= 4 is 41.9 Å². The van der Waals surface area contributed by atoms with Crippen LogP contribution in [0.3, 0.4) is 0 Å².